The highest BCUT2D eigenvalue weighted by Crippen LogP contribution is 2.38. The van der Waals surface area contributed by atoms with Crippen LogP contribution in [0.1, 0.15) is 37.2 Å². The predicted octanol–water partition coefficient (Wildman–Crippen LogP) is 2.57. The average molecular weight is 245 g/mol. The highest BCUT2D eigenvalue weighted by molar-refractivity contribution is 5.56. The molecule has 3 rings (SSSR count). The molecular formula is C13H19N5. The van der Waals surface area contributed by atoms with E-state index in [1.807, 2.05) is 24.9 Å². The van der Waals surface area contributed by atoms with Crippen LogP contribution in [0.5, 0.6) is 0 Å². The standard InChI is InChI=1S/C13H19N5/c1-4-11-12(8-17(3)16-11)15-13-14-9(2)7-18(13)10-5-6-10/h7-8,10H,4-6H2,1-3H3,(H,14,15). The van der Waals surface area contributed by atoms with E-state index in [-0.39, 0.29) is 0 Å². The van der Waals surface area contributed by atoms with Crippen LogP contribution in [0.2, 0.25) is 0 Å². The number of nitrogens with one attached hydrogen (secondary N) is 1. The highest BCUT2D eigenvalue weighted by Gasteiger charge is 2.26. The number of imidazole rings is 1. The van der Waals surface area contributed by atoms with Gasteiger partial charge in [-0.2, -0.15) is 5.10 Å². The molecule has 18 heavy (non-hydrogen) atoms. The lowest BCUT2D eigenvalue weighted by atomic mass is 10.3. The van der Waals surface area contributed by atoms with E-state index in [9.17, 15) is 0 Å². The zero-order valence-corrected chi connectivity index (χ0v) is 11.1. The molecule has 2 heterocycles. The normalized spacial score (nSPS) is 15.1. The third-order valence-corrected chi connectivity index (χ3v) is 3.28. The Hall–Kier alpha value is -1.78. The molecule has 0 bridgehead atoms. The van der Waals surface area contributed by atoms with Gasteiger partial charge >= 0.3 is 0 Å². The van der Waals surface area contributed by atoms with Gasteiger partial charge < -0.3 is 9.88 Å². The van der Waals surface area contributed by atoms with E-state index in [1.165, 1.54) is 12.8 Å². The summed E-state index contributed by atoms with van der Waals surface area (Å²) < 4.78 is 4.10. The van der Waals surface area contributed by atoms with E-state index >= 15 is 0 Å². The lowest BCUT2D eigenvalue weighted by Gasteiger charge is -2.07. The summed E-state index contributed by atoms with van der Waals surface area (Å²) in [6.07, 6.45) is 7.59. The first-order valence-electron chi connectivity index (χ1n) is 6.52. The molecule has 0 aliphatic heterocycles. The van der Waals surface area contributed by atoms with Crippen LogP contribution in [0.4, 0.5) is 11.6 Å². The van der Waals surface area contributed by atoms with Crippen molar-refractivity contribution in [2.45, 2.75) is 39.2 Å². The Labute approximate surface area is 107 Å². The molecule has 1 aliphatic carbocycles. The molecule has 0 saturated heterocycles. The van der Waals surface area contributed by atoms with Gasteiger partial charge in [-0.3, -0.25) is 4.68 Å². The minimum Gasteiger partial charge on any atom is -0.323 e. The van der Waals surface area contributed by atoms with Crippen LogP contribution in [0.3, 0.4) is 0 Å². The van der Waals surface area contributed by atoms with Crippen molar-refractivity contribution in [2.24, 2.45) is 7.05 Å². The lowest BCUT2D eigenvalue weighted by Crippen LogP contribution is -2.02. The number of anilines is 2. The van der Waals surface area contributed by atoms with Gasteiger partial charge in [0.05, 0.1) is 17.1 Å². The van der Waals surface area contributed by atoms with Gasteiger partial charge in [0, 0.05) is 25.5 Å². The zero-order chi connectivity index (χ0) is 12.7. The Morgan fingerprint density at radius 2 is 2.17 bits per heavy atom. The first kappa shape index (κ1) is 11.3. The molecule has 5 nitrogen and oxygen atoms in total. The van der Waals surface area contributed by atoms with Gasteiger partial charge in [-0.25, -0.2) is 4.98 Å². The largest absolute Gasteiger partial charge is 0.323 e. The van der Waals surface area contributed by atoms with Gasteiger partial charge in [0.2, 0.25) is 5.95 Å². The van der Waals surface area contributed by atoms with Crippen molar-refractivity contribution in [1.29, 1.82) is 0 Å². The first-order valence-corrected chi connectivity index (χ1v) is 6.52. The van der Waals surface area contributed by atoms with Crippen LogP contribution in [-0.2, 0) is 13.5 Å². The number of hydrogen-bond acceptors (Lipinski definition) is 3. The van der Waals surface area contributed by atoms with Crippen molar-refractivity contribution < 1.29 is 0 Å². The molecule has 96 valence electrons. The SMILES string of the molecule is CCc1nn(C)cc1Nc1nc(C)cn1C1CC1. The molecule has 2 aromatic heterocycles. The summed E-state index contributed by atoms with van der Waals surface area (Å²) in [5.74, 6) is 0.942. The Morgan fingerprint density at radius 1 is 1.39 bits per heavy atom. The third-order valence-electron chi connectivity index (χ3n) is 3.28. The minimum atomic E-state index is 0.635. The van der Waals surface area contributed by atoms with E-state index in [2.05, 4.69) is 33.1 Å². The van der Waals surface area contributed by atoms with Crippen molar-refractivity contribution in [3.63, 3.8) is 0 Å². The molecule has 0 spiro atoms. The molecule has 1 fully saturated rings. The molecular weight excluding hydrogens is 226 g/mol. The summed E-state index contributed by atoms with van der Waals surface area (Å²) in [5.41, 5.74) is 3.21. The summed E-state index contributed by atoms with van der Waals surface area (Å²) in [5, 5.41) is 7.86. The maximum absolute atomic E-state index is 4.57. The smallest absolute Gasteiger partial charge is 0.207 e. The van der Waals surface area contributed by atoms with Gasteiger partial charge in [0.1, 0.15) is 0 Å². The molecule has 0 unspecified atom stereocenters. The molecule has 0 atom stereocenters. The average Bonchev–Trinajstić information content (AvgIpc) is 3.02. The number of nitrogens with zero attached hydrogens (tertiary/aromatic N) is 4. The van der Waals surface area contributed by atoms with E-state index in [0.717, 1.165) is 29.4 Å². The number of aromatic nitrogens is 4. The van der Waals surface area contributed by atoms with Gasteiger partial charge in [-0.1, -0.05) is 6.92 Å². The van der Waals surface area contributed by atoms with E-state index in [0.29, 0.717) is 6.04 Å². The number of rotatable bonds is 4. The molecule has 1 saturated carbocycles. The van der Waals surface area contributed by atoms with Crippen LogP contribution in [0.25, 0.3) is 0 Å². The third kappa shape index (κ3) is 2.00. The Balaban J connectivity index is 1.91. The van der Waals surface area contributed by atoms with Crippen LogP contribution >= 0.6 is 0 Å². The minimum absolute atomic E-state index is 0.635. The summed E-state index contributed by atoms with van der Waals surface area (Å²) in [4.78, 5) is 4.57. The van der Waals surface area contributed by atoms with Crippen LogP contribution < -0.4 is 5.32 Å². The summed E-state index contributed by atoms with van der Waals surface area (Å²) in [7, 11) is 1.95. The molecule has 0 aromatic carbocycles. The highest BCUT2D eigenvalue weighted by atomic mass is 15.3. The second kappa shape index (κ2) is 4.15. The van der Waals surface area contributed by atoms with Crippen LogP contribution in [-0.4, -0.2) is 19.3 Å². The zero-order valence-electron chi connectivity index (χ0n) is 11.1. The van der Waals surface area contributed by atoms with Gasteiger partial charge in [0.15, 0.2) is 0 Å². The lowest BCUT2D eigenvalue weighted by molar-refractivity contribution is 0.746. The number of aryl methyl sites for hydroxylation is 3. The topological polar surface area (TPSA) is 47.7 Å². The maximum Gasteiger partial charge on any atom is 0.207 e. The molecule has 5 heteroatoms. The van der Waals surface area contributed by atoms with E-state index in [1.54, 1.807) is 0 Å². The second-order valence-corrected chi connectivity index (χ2v) is 4.99. The van der Waals surface area contributed by atoms with Gasteiger partial charge in [-0.15, -0.1) is 0 Å². The number of hydrogen-bond donors (Lipinski definition) is 1. The molecule has 1 aliphatic rings. The van der Waals surface area contributed by atoms with Crippen molar-refractivity contribution in [2.75, 3.05) is 5.32 Å². The summed E-state index contributed by atoms with van der Waals surface area (Å²) >= 11 is 0. The van der Waals surface area contributed by atoms with Crippen molar-refractivity contribution in [1.82, 2.24) is 19.3 Å². The molecule has 0 amide bonds. The van der Waals surface area contributed by atoms with Crippen molar-refractivity contribution in [3.8, 4) is 0 Å². The monoisotopic (exact) mass is 245 g/mol. The van der Waals surface area contributed by atoms with E-state index < -0.39 is 0 Å². The first-order chi connectivity index (χ1) is 8.67. The van der Waals surface area contributed by atoms with Gasteiger partial charge in [0.25, 0.3) is 0 Å². The van der Waals surface area contributed by atoms with E-state index in [4.69, 9.17) is 0 Å². The van der Waals surface area contributed by atoms with Crippen molar-refractivity contribution >= 4 is 11.6 Å². The molecule has 0 radical (unpaired) electrons. The summed E-state index contributed by atoms with van der Waals surface area (Å²) in [6.45, 7) is 4.15. The Kier molecular flexibility index (Phi) is 2.61. The molecule has 2 aromatic rings. The maximum atomic E-state index is 4.57. The van der Waals surface area contributed by atoms with Crippen LogP contribution in [0, 0.1) is 6.92 Å². The van der Waals surface area contributed by atoms with Gasteiger partial charge in [-0.05, 0) is 26.2 Å². The summed E-state index contributed by atoms with van der Waals surface area (Å²) in [6, 6.07) is 0.635. The molecule has 1 N–H and O–H groups in total. The predicted molar refractivity (Wildman–Crippen MR) is 71.1 cm³/mol. The Morgan fingerprint density at radius 3 is 2.83 bits per heavy atom. The fourth-order valence-corrected chi connectivity index (χ4v) is 2.26. The van der Waals surface area contributed by atoms with Crippen LogP contribution in [0.15, 0.2) is 12.4 Å². The fraction of sp³-hybridized carbons (Fsp3) is 0.538. The quantitative estimate of drug-likeness (QED) is 0.900. The van der Waals surface area contributed by atoms with Crippen molar-refractivity contribution in [3.05, 3.63) is 23.8 Å². The fourth-order valence-electron chi connectivity index (χ4n) is 2.26. The second-order valence-electron chi connectivity index (χ2n) is 4.99. The Bertz CT molecular complexity index is 562.